The molecule has 0 aliphatic heterocycles. The number of hydrogen-bond donors (Lipinski definition) is 3. The van der Waals surface area contributed by atoms with Crippen molar-refractivity contribution in [1.29, 1.82) is 0 Å². The normalized spacial score (nSPS) is 11.9. The van der Waals surface area contributed by atoms with Gasteiger partial charge in [0.2, 0.25) is 0 Å². The summed E-state index contributed by atoms with van der Waals surface area (Å²) in [4.78, 5) is 0. The van der Waals surface area contributed by atoms with Crippen LogP contribution in [0.25, 0.3) is 0 Å². The molecule has 1 rings (SSSR count). The number of H-pyrrole nitrogens is 1. The minimum absolute atomic E-state index is 0.162. The summed E-state index contributed by atoms with van der Waals surface area (Å²) in [6, 6.07) is 0. The average Bonchev–Trinajstić information content (AvgIpc) is 2.75. The third-order valence-corrected chi connectivity index (χ3v) is 3.81. The quantitative estimate of drug-likeness (QED) is 0.597. The molecule has 0 aliphatic rings. The number of aromatic amines is 1. The monoisotopic (exact) mass is 260 g/mol. The second-order valence-corrected chi connectivity index (χ2v) is 5.46. The van der Waals surface area contributed by atoms with Gasteiger partial charge >= 0.3 is 0 Å². The molecule has 1 heterocycles. The molecule has 7 heteroatoms. The Morgan fingerprint density at radius 3 is 2.82 bits per heavy atom. The predicted octanol–water partition coefficient (Wildman–Crippen LogP) is 0.598. The van der Waals surface area contributed by atoms with Gasteiger partial charge in [-0.25, -0.2) is 13.1 Å². The Kier molecular flexibility index (Phi) is 5.60. The molecular weight excluding hydrogens is 240 g/mol. The average molecular weight is 260 g/mol. The molecule has 0 atom stereocenters. The molecule has 0 fully saturated rings. The summed E-state index contributed by atoms with van der Waals surface area (Å²) in [5.74, 6) is 0. The minimum atomic E-state index is -3.46. The van der Waals surface area contributed by atoms with Gasteiger partial charge in [-0.2, -0.15) is 5.10 Å². The van der Waals surface area contributed by atoms with E-state index in [0.29, 0.717) is 18.7 Å². The van der Waals surface area contributed by atoms with Crippen molar-refractivity contribution < 1.29 is 8.42 Å². The van der Waals surface area contributed by atoms with Gasteiger partial charge in [0, 0.05) is 18.7 Å². The second-order valence-electron chi connectivity index (χ2n) is 3.76. The number of aromatic nitrogens is 2. The lowest BCUT2D eigenvalue weighted by atomic mass is 10.3. The molecule has 0 amide bonds. The van der Waals surface area contributed by atoms with Crippen molar-refractivity contribution in [3.63, 3.8) is 0 Å². The molecule has 0 saturated heterocycles. The molecule has 0 radical (unpaired) electrons. The first-order valence-electron chi connectivity index (χ1n) is 5.84. The van der Waals surface area contributed by atoms with Gasteiger partial charge in [0.05, 0.1) is 6.20 Å². The van der Waals surface area contributed by atoms with E-state index >= 15 is 0 Å². The Bertz CT molecular complexity index is 427. The zero-order chi connectivity index (χ0) is 12.7. The van der Waals surface area contributed by atoms with Gasteiger partial charge in [0.25, 0.3) is 10.0 Å². The van der Waals surface area contributed by atoms with Gasteiger partial charge < -0.3 is 5.32 Å². The van der Waals surface area contributed by atoms with Crippen LogP contribution < -0.4 is 10.0 Å². The van der Waals surface area contributed by atoms with E-state index in [1.165, 1.54) is 6.20 Å². The summed E-state index contributed by atoms with van der Waals surface area (Å²) in [5, 5.41) is 9.57. The Morgan fingerprint density at radius 2 is 2.18 bits per heavy atom. The van der Waals surface area contributed by atoms with Gasteiger partial charge in [-0.05, 0) is 13.0 Å². The fraction of sp³-hybridized carbons (Fsp3) is 0.700. The molecule has 0 unspecified atom stereocenters. The van der Waals surface area contributed by atoms with Gasteiger partial charge in [-0.15, -0.1) is 0 Å². The highest BCUT2D eigenvalue weighted by Gasteiger charge is 2.19. The molecule has 0 saturated carbocycles. The molecule has 0 aliphatic carbocycles. The standard InChI is InChI=1S/C10H20N4O2S/c1-3-5-6-13-17(15,16)10-9(7-11-4-2)8-12-14-10/h8,11,13H,3-7H2,1-2H3,(H,12,14). The fourth-order valence-corrected chi connectivity index (χ4v) is 2.57. The van der Waals surface area contributed by atoms with Crippen molar-refractivity contribution in [2.45, 2.75) is 38.3 Å². The van der Waals surface area contributed by atoms with Gasteiger partial charge in [-0.1, -0.05) is 20.3 Å². The first-order valence-corrected chi connectivity index (χ1v) is 7.32. The molecule has 17 heavy (non-hydrogen) atoms. The van der Waals surface area contributed by atoms with Crippen molar-refractivity contribution in [2.75, 3.05) is 13.1 Å². The van der Waals surface area contributed by atoms with Crippen LogP contribution in [0, 0.1) is 0 Å². The minimum Gasteiger partial charge on any atom is -0.313 e. The number of hydrogen-bond acceptors (Lipinski definition) is 4. The van der Waals surface area contributed by atoms with E-state index in [0.717, 1.165) is 19.4 Å². The fourth-order valence-electron chi connectivity index (χ4n) is 1.37. The number of rotatable bonds is 8. The zero-order valence-corrected chi connectivity index (χ0v) is 11.1. The van der Waals surface area contributed by atoms with Crippen molar-refractivity contribution in [3.8, 4) is 0 Å². The lowest BCUT2D eigenvalue weighted by Crippen LogP contribution is -2.26. The van der Waals surface area contributed by atoms with E-state index in [1.807, 2.05) is 13.8 Å². The summed E-state index contributed by atoms with van der Waals surface area (Å²) in [7, 11) is -3.46. The van der Waals surface area contributed by atoms with Crippen molar-refractivity contribution in [3.05, 3.63) is 11.8 Å². The summed E-state index contributed by atoms with van der Waals surface area (Å²) < 4.78 is 26.4. The number of nitrogens with zero attached hydrogens (tertiary/aromatic N) is 1. The van der Waals surface area contributed by atoms with Crippen molar-refractivity contribution in [2.24, 2.45) is 0 Å². The van der Waals surface area contributed by atoms with E-state index in [-0.39, 0.29) is 5.03 Å². The predicted molar refractivity (Wildman–Crippen MR) is 66.1 cm³/mol. The smallest absolute Gasteiger partial charge is 0.257 e. The van der Waals surface area contributed by atoms with Gasteiger partial charge in [-0.3, -0.25) is 5.10 Å². The van der Waals surface area contributed by atoms with Crippen LogP contribution in [-0.2, 0) is 16.6 Å². The molecule has 6 nitrogen and oxygen atoms in total. The van der Waals surface area contributed by atoms with Crippen LogP contribution in [0.15, 0.2) is 11.2 Å². The number of nitrogens with one attached hydrogen (secondary N) is 3. The van der Waals surface area contributed by atoms with E-state index in [2.05, 4.69) is 20.2 Å². The Morgan fingerprint density at radius 1 is 1.41 bits per heavy atom. The van der Waals surface area contributed by atoms with Crippen LogP contribution in [0.4, 0.5) is 0 Å². The maximum atomic E-state index is 11.9. The summed E-state index contributed by atoms with van der Waals surface area (Å²) in [5.41, 5.74) is 0.663. The van der Waals surface area contributed by atoms with Crippen LogP contribution in [0.1, 0.15) is 32.3 Å². The van der Waals surface area contributed by atoms with Crippen molar-refractivity contribution >= 4 is 10.0 Å². The zero-order valence-electron chi connectivity index (χ0n) is 10.3. The SMILES string of the molecule is CCCCNS(=O)(=O)c1[nH]ncc1CNCC. The largest absolute Gasteiger partial charge is 0.313 e. The second kappa shape index (κ2) is 6.73. The highest BCUT2D eigenvalue weighted by atomic mass is 32.2. The molecule has 0 aromatic carbocycles. The molecular formula is C10H20N4O2S. The first kappa shape index (κ1) is 14.1. The molecule has 3 N–H and O–H groups in total. The molecule has 0 bridgehead atoms. The number of unbranched alkanes of at least 4 members (excludes halogenated alkanes) is 1. The van der Waals surface area contributed by atoms with Gasteiger partial charge in [0.15, 0.2) is 5.03 Å². The highest BCUT2D eigenvalue weighted by molar-refractivity contribution is 7.89. The maximum absolute atomic E-state index is 11.9. The summed E-state index contributed by atoms with van der Waals surface area (Å²) in [6.07, 6.45) is 3.32. The molecule has 0 spiro atoms. The summed E-state index contributed by atoms with van der Waals surface area (Å²) in [6.45, 7) is 5.72. The molecule has 98 valence electrons. The molecule has 1 aromatic heterocycles. The Balaban J connectivity index is 2.73. The lowest BCUT2D eigenvalue weighted by Gasteiger charge is -2.06. The van der Waals surface area contributed by atoms with Gasteiger partial charge in [0.1, 0.15) is 0 Å². The van der Waals surface area contributed by atoms with E-state index in [4.69, 9.17) is 0 Å². The van der Waals surface area contributed by atoms with E-state index in [1.54, 1.807) is 0 Å². The number of sulfonamides is 1. The first-order chi connectivity index (χ1) is 8.11. The lowest BCUT2D eigenvalue weighted by molar-refractivity contribution is 0.571. The van der Waals surface area contributed by atoms with Crippen molar-refractivity contribution in [1.82, 2.24) is 20.2 Å². The van der Waals surface area contributed by atoms with E-state index in [9.17, 15) is 8.42 Å². The third kappa shape index (κ3) is 4.10. The maximum Gasteiger partial charge on any atom is 0.257 e. The summed E-state index contributed by atoms with van der Waals surface area (Å²) >= 11 is 0. The third-order valence-electron chi connectivity index (χ3n) is 2.33. The van der Waals surface area contributed by atoms with Crippen LogP contribution >= 0.6 is 0 Å². The topological polar surface area (TPSA) is 86.9 Å². The highest BCUT2D eigenvalue weighted by Crippen LogP contribution is 2.11. The Hall–Kier alpha value is -0.920. The van der Waals surface area contributed by atoms with Crippen LogP contribution in [0.3, 0.4) is 0 Å². The molecule has 1 aromatic rings. The van der Waals surface area contributed by atoms with Crippen LogP contribution in [0.5, 0.6) is 0 Å². The van der Waals surface area contributed by atoms with E-state index < -0.39 is 10.0 Å². The van der Waals surface area contributed by atoms with Crippen LogP contribution in [-0.4, -0.2) is 31.7 Å². The Labute approximate surface area is 102 Å². The van der Waals surface area contributed by atoms with Crippen LogP contribution in [0.2, 0.25) is 0 Å².